The second-order valence-corrected chi connectivity index (χ2v) is 7.79. The minimum Gasteiger partial charge on any atom is -0.497 e. The normalized spacial score (nSPS) is 17.4. The molecule has 1 aromatic carbocycles. The highest BCUT2D eigenvalue weighted by atomic mass is 16.5. The largest absolute Gasteiger partial charge is 0.497 e. The van der Waals surface area contributed by atoms with Crippen LogP contribution in [-0.4, -0.2) is 73.1 Å². The molecule has 1 N–H and O–H groups in total. The van der Waals surface area contributed by atoms with E-state index in [0.29, 0.717) is 61.1 Å². The molecular weight excluding hydrogens is 386 g/mol. The molecule has 2 aliphatic rings. The highest BCUT2D eigenvalue weighted by molar-refractivity contribution is 5.98. The van der Waals surface area contributed by atoms with Crippen molar-refractivity contribution in [3.8, 4) is 11.5 Å². The molecule has 0 bridgehead atoms. The van der Waals surface area contributed by atoms with Crippen LogP contribution in [-0.2, 0) is 0 Å². The fourth-order valence-electron chi connectivity index (χ4n) is 3.75. The fraction of sp³-hybridized carbons (Fsp3) is 0.429. The first kappa shape index (κ1) is 19.9. The number of aromatic nitrogens is 2. The molecule has 0 aliphatic carbocycles. The van der Waals surface area contributed by atoms with Gasteiger partial charge in [-0.3, -0.25) is 9.59 Å². The summed E-state index contributed by atoms with van der Waals surface area (Å²) >= 11 is 0. The molecule has 0 unspecified atom stereocenters. The Labute approximate surface area is 175 Å². The summed E-state index contributed by atoms with van der Waals surface area (Å²) in [4.78, 5) is 37.4. The molecule has 3 heterocycles. The second kappa shape index (κ2) is 7.81. The molecule has 9 nitrogen and oxygen atoms in total. The SMILES string of the molecule is COc1ccc2c(c1)C(=O)NCC1(CCN(C(=O)c3cnc(N(C)C)nc3)CC1)O2. The fourth-order valence-corrected chi connectivity index (χ4v) is 3.75. The molecule has 1 saturated heterocycles. The Bertz CT molecular complexity index is 952. The molecule has 1 spiro atoms. The van der Waals surface area contributed by atoms with E-state index in [-0.39, 0.29) is 11.8 Å². The molecule has 2 aliphatic heterocycles. The Morgan fingerprint density at radius 2 is 1.93 bits per heavy atom. The van der Waals surface area contributed by atoms with Crippen molar-refractivity contribution in [2.45, 2.75) is 18.4 Å². The summed E-state index contributed by atoms with van der Waals surface area (Å²) in [6.07, 6.45) is 4.34. The molecule has 9 heteroatoms. The average Bonchev–Trinajstić information content (AvgIpc) is 2.90. The van der Waals surface area contributed by atoms with E-state index >= 15 is 0 Å². The summed E-state index contributed by atoms with van der Waals surface area (Å²) < 4.78 is 11.5. The van der Waals surface area contributed by atoms with Gasteiger partial charge in [-0.1, -0.05) is 0 Å². The third-order valence-corrected chi connectivity index (χ3v) is 5.58. The van der Waals surface area contributed by atoms with Gasteiger partial charge in [0.1, 0.15) is 17.1 Å². The maximum absolute atomic E-state index is 12.8. The van der Waals surface area contributed by atoms with Crippen LogP contribution in [0.3, 0.4) is 0 Å². The number of hydrogen-bond acceptors (Lipinski definition) is 7. The lowest BCUT2D eigenvalue weighted by Crippen LogP contribution is -2.54. The van der Waals surface area contributed by atoms with Crippen molar-refractivity contribution in [1.29, 1.82) is 0 Å². The van der Waals surface area contributed by atoms with Crippen LogP contribution in [0.2, 0.25) is 0 Å². The number of fused-ring (bicyclic) bond motifs is 1. The number of carbonyl (C=O) groups excluding carboxylic acids is 2. The van der Waals surface area contributed by atoms with Gasteiger partial charge in [0.25, 0.3) is 11.8 Å². The smallest absolute Gasteiger partial charge is 0.256 e. The Morgan fingerprint density at radius 3 is 2.57 bits per heavy atom. The zero-order valence-corrected chi connectivity index (χ0v) is 17.3. The van der Waals surface area contributed by atoms with Crippen molar-refractivity contribution in [3.05, 3.63) is 41.7 Å². The summed E-state index contributed by atoms with van der Waals surface area (Å²) in [7, 11) is 5.26. The first-order chi connectivity index (χ1) is 14.4. The van der Waals surface area contributed by atoms with Crippen LogP contribution in [0.1, 0.15) is 33.6 Å². The minimum absolute atomic E-state index is 0.0991. The van der Waals surface area contributed by atoms with Crippen molar-refractivity contribution in [2.24, 2.45) is 0 Å². The quantitative estimate of drug-likeness (QED) is 0.814. The monoisotopic (exact) mass is 411 g/mol. The van der Waals surface area contributed by atoms with Gasteiger partial charge >= 0.3 is 0 Å². The number of likely N-dealkylation sites (tertiary alicyclic amines) is 1. The standard InChI is InChI=1S/C21H25N5O4/c1-25(2)20-22-11-14(12-23-20)19(28)26-8-6-21(7-9-26)13-24-18(27)16-10-15(29-3)4-5-17(16)30-21/h4-5,10-12H,6-9,13H2,1-3H3,(H,24,27). The third kappa shape index (κ3) is 3.74. The van der Waals surface area contributed by atoms with E-state index in [9.17, 15) is 9.59 Å². The summed E-state index contributed by atoms with van der Waals surface area (Å²) in [6.45, 7) is 1.44. The van der Waals surface area contributed by atoms with Crippen LogP contribution in [0.5, 0.6) is 11.5 Å². The number of nitrogens with zero attached hydrogens (tertiary/aromatic N) is 4. The third-order valence-electron chi connectivity index (χ3n) is 5.58. The van der Waals surface area contributed by atoms with Crippen molar-refractivity contribution in [2.75, 3.05) is 45.7 Å². The predicted molar refractivity (Wildman–Crippen MR) is 110 cm³/mol. The average molecular weight is 411 g/mol. The van der Waals surface area contributed by atoms with Gasteiger partial charge in [-0.05, 0) is 18.2 Å². The highest BCUT2D eigenvalue weighted by Crippen LogP contribution is 2.34. The summed E-state index contributed by atoms with van der Waals surface area (Å²) in [5.74, 6) is 1.42. The molecule has 2 amide bonds. The number of ether oxygens (including phenoxy) is 2. The van der Waals surface area contributed by atoms with Crippen LogP contribution >= 0.6 is 0 Å². The number of carbonyl (C=O) groups is 2. The Balaban J connectivity index is 1.46. The van der Waals surface area contributed by atoms with Crippen LogP contribution in [0.25, 0.3) is 0 Å². The van der Waals surface area contributed by atoms with E-state index in [1.807, 2.05) is 14.1 Å². The van der Waals surface area contributed by atoms with Gasteiger partial charge in [0.05, 0.1) is 24.8 Å². The van der Waals surface area contributed by atoms with Crippen LogP contribution in [0, 0.1) is 0 Å². The lowest BCUT2D eigenvalue weighted by atomic mass is 9.90. The zero-order chi connectivity index (χ0) is 21.3. The molecule has 0 radical (unpaired) electrons. The maximum Gasteiger partial charge on any atom is 0.256 e. The Morgan fingerprint density at radius 1 is 1.23 bits per heavy atom. The molecule has 1 aromatic heterocycles. The molecule has 4 rings (SSSR count). The van der Waals surface area contributed by atoms with Crippen LogP contribution in [0.15, 0.2) is 30.6 Å². The van der Waals surface area contributed by atoms with E-state index in [2.05, 4.69) is 15.3 Å². The molecule has 0 atom stereocenters. The zero-order valence-electron chi connectivity index (χ0n) is 17.3. The number of methoxy groups -OCH3 is 1. The lowest BCUT2D eigenvalue weighted by Gasteiger charge is -2.41. The molecule has 158 valence electrons. The number of amides is 2. The highest BCUT2D eigenvalue weighted by Gasteiger charge is 2.41. The number of anilines is 1. The van der Waals surface area contributed by atoms with Gasteiger partial charge in [0, 0.05) is 52.4 Å². The van der Waals surface area contributed by atoms with E-state index in [1.54, 1.807) is 47.5 Å². The second-order valence-electron chi connectivity index (χ2n) is 7.79. The number of benzene rings is 1. The van der Waals surface area contributed by atoms with Crippen molar-refractivity contribution in [3.63, 3.8) is 0 Å². The van der Waals surface area contributed by atoms with E-state index in [1.165, 1.54) is 0 Å². The van der Waals surface area contributed by atoms with E-state index in [4.69, 9.17) is 9.47 Å². The number of rotatable bonds is 3. The van der Waals surface area contributed by atoms with Crippen LogP contribution < -0.4 is 19.7 Å². The Kier molecular flexibility index (Phi) is 5.19. The first-order valence-electron chi connectivity index (χ1n) is 9.85. The molecule has 1 fully saturated rings. The number of piperidine rings is 1. The summed E-state index contributed by atoms with van der Waals surface area (Å²) in [6, 6.07) is 5.23. The van der Waals surface area contributed by atoms with E-state index < -0.39 is 5.60 Å². The van der Waals surface area contributed by atoms with Gasteiger partial charge in [0.15, 0.2) is 0 Å². The maximum atomic E-state index is 12.8. The number of nitrogens with one attached hydrogen (secondary N) is 1. The topological polar surface area (TPSA) is 96.9 Å². The minimum atomic E-state index is -0.544. The molecule has 30 heavy (non-hydrogen) atoms. The van der Waals surface area contributed by atoms with Gasteiger partial charge in [-0.2, -0.15) is 0 Å². The summed E-state index contributed by atoms with van der Waals surface area (Å²) in [5.41, 5.74) is 0.379. The van der Waals surface area contributed by atoms with Gasteiger partial charge < -0.3 is 24.6 Å². The van der Waals surface area contributed by atoms with Gasteiger partial charge in [-0.25, -0.2) is 9.97 Å². The van der Waals surface area contributed by atoms with E-state index in [0.717, 1.165) is 0 Å². The number of hydrogen-bond donors (Lipinski definition) is 1. The molecular formula is C21H25N5O4. The summed E-state index contributed by atoms with van der Waals surface area (Å²) in [5, 5.41) is 2.96. The Hall–Kier alpha value is -3.36. The van der Waals surface area contributed by atoms with Crippen molar-refractivity contribution >= 4 is 17.8 Å². The van der Waals surface area contributed by atoms with Crippen molar-refractivity contribution < 1.29 is 19.1 Å². The van der Waals surface area contributed by atoms with Gasteiger partial charge in [0.2, 0.25) is 5.95 Å². The molecule has 2 aromatic rings. The predicted octanol–water partition coefficient (Wildman–Crippen LogP) is 1.35. The molecule has 0 saturated carbocycles. The lowest BCUT2D eigenvalue weighted by molar-refractivity contribution is 0.00766. The first-order valence-corrected chi connectivity index (χ1v) is 9.85. The van der Waals surface area contributed by atoms with Crippen molar-refractivity contribution in [1.82, 2.24) is 20.2 Å². The van der Waals surface area contributed by atoms with Crippen LogP contribution in [0.4, 0.5) is 5.95 Å². The van der Waals surface area contributed by atoms with Gasteiger partial charge in [-0.15, -0.1) is 0 Å².